The van der Waals surface area contributed by atoms with Gasteiger partial charge in [0.05, 0.1) is 0 Å². The molecule has 2 aromatic rings. The van der Waals surface area contributed by atoms with E-state index in [4.69, 9.17) is 11.8 Å². The first-order valence-electron chi connectivity index (χ1n) is 4.98. The summed E-state index contributed by atoms with van der Waals surface area (Å²) in [6.07, 6.45) is 0. The third kappa shape index (κ3) is 2.60. The van der Waals surface area contributed by atoms with Gasteiger partial charge in [-0.25, -0.2) is 9.23 Å². The van der Waals surface area contributed by atoms with Gasteiger partial charge in [-0.05, 0) is 46.7 Å². The summed E-state index contributed by atoms with van der Waals surface area (Å²) in [7, 11) is 0. The third-order valence-electron chi connectivity index (χ3n) is 2.38. The predicted molar refractivity (Wildman–Crippen MR) is 64.5 cm³/mol. The second kappa shape index (κ2) is 5.10. The SMILES string of the molecule is Fc1ccc(-c2cccc(CNCl)c2)cc1. The number of hydrogen-bond acceptors (Lipinski definition) is 1. The number of hydrogen-bond donors (Lipinski definition) is 1. The summed E-state index contributed by atoms with van der Waals surface area (Å²) in [5, 5.41) is 0. The zero-order valence-electron chi connectivity index (χ0n) is 8.58. The molecule has 0 aliphatic heterocycles. The van der Waals surface area contributed by atoms with E-state index < -0.39 is 0 Å². The zero-order chi connectivity index (χ0) is 11.4. The molecular formula is C13H11ClFN. The monoisotopic (exact) mass is 235 g/mol. The Balaban J connectivity index is 2.32. The van der Waals surface area contributed by atoms with Crippen LogP contribution in [0.25, 0.3) is 11.1 Å². The summed E-state index contributed by atoms with van der Waals surface area (Å²) in [4.78, 5) is 2.58. The van der Waals surface area contributed by atoms with Crippen LogP contribution in [0.3, 0.4) is 0 Å². The number of rotatable bonds is 3. The second-order valence-corrected chi connectivity index (χ2v) is 3.78. The number of halogens is 2. The van der Waals surface area contributed by atoms with Crippen molar-refractivity contribution in [2.75, 3.05) is 0 Å². The first-order valence-corrected chi connectivity index (χ1v) is 5.36. The van der Waals surface area contributed by atoms with Crippen LogP contribution in [-0.4, -0.2) is 0 Å². The van der Waals surface area contributed by atoms with Gasteiger partial charge in [-0.3, -0.25) is 0 Å². The van der Waals surface area contributed by atoms with Gasteiger partial charge in [-0.15, -0.1) is 0 Å². The molecule has 0 saturated heterocycles. The summed E-state index contributed by atoms with van der Waals surface area (Å²) < 4.78 is 12.8. The first kappa shape index (κ1) is 11.1. The van der Waals surface area contributed by atoms with E-state index in [2.05, 4.69) is 4.84 Å². The Morgan fingerprint density at radius 3 is 2.44 bits per heavy atom. The molecule has 0 aliphatic carbocycles. The van der Waals surface area contributed by atoms with Gasteiger partial charge in [-0.1, -0.05) is 30.3 Å². The van der Waals surface area contributed by atoms with Crippen LogP contribution in [0.4, 0.5) is 4.39 Å². The fourth-order valence-electron chi connectivity index (χ4n) is 1.58. The lowest BCUT2D eigenvalue weighted by Crippen LogP contribution is -1.97. The molecule has 82 valence electrons. The first-order chi connectivity index (χ1) is 7.79. The molecule has 0 bridgehead atoms. The Morgan fingerprint density at radius 1 is 1.00 bits per heavy atom. The molecule has 0 radical (unpaired) electrons. The van der Waals surface area contributed by atoms with E-state index in [-0.39, 0.29) is 5.82 Å². The molecule has 0 unspecified atom stereocenters. The van der Waals surface area contributed by atoms with E-state index in [1.807, 2.05) is 24.3 Å². The topological polar surface area (TPSA) is 12.0 Å². The molecule has 3 heteroatoms. The van der Waals surface area contributed by atoms with Gasteiger partial charge in [0.15, 0.2) is 0 Å². The average Bonchev–Trinajstić information content (AvgIpc) is 2.31. The molecule has 16 heavy (non-hydrogen) atoms. The molecule has 0 saturated carbocycles. The lowest BCUT2D eigenvalue weighted by Gasteiger charge is -2.04. The highest BCUT2D eigenvalue weighted by Gasteiger charge is 1.99. The fourth-order valence-corrected chi connectivity index (χ4v) is 1.73. The molecule has 0 atom stereocenters. The highest BCUT2D eigenvalue weighted by molar-refractivity contribution is 6.13. The molecule has 0 amide bonds. The van der Waals surface area contributed by atoms with Crippen molar-refractivity contribution in [3.63, 3.8) is 0 Å². The van der Waals surface area contributed by atoms with Crippen molar-refractivity contribution in [3.05, 3.63) is 59.9 Å². The van der Waals surface area contributed by atoms with Gasteiger partial charge in [0.25, 0.3) is 0 Å². The van der Waals surface area contributed by atoms with Crippen molar-refractivity contribution < 1.29 is 4.39 Å². The van der Waals surface area contributed by atoms with Crippen molar-refractivity contribution in [1.29, 1.82) is 0 Å². The molecular weight excluding hydrogens is 225 g/mol. The summed E-state index contributed by atoms with van der Waals surface area (Å²) in [6.45, 7) is 0.608. The van der Waals surface area contributed by atoms with Crippen molar-refractivity contribution >= 4 is 11.8 Å². The van der Waals surface area contributed by atoms with Crippen molar-refractivity contribution in [2.24, 2.45) is 0 Å². The highest BCUT2D eigenvalue weighted by Crippen LogP contribution is 2.20. The molecule has 0 aliphatic rings. The van der Waals surface area contributed by atoms with Gasteiger partial charge in [-0.2, -0.15) is 0 Å². The van der Waals surface area contributed by atoms with Gasteiger partial charge < -0.3 is 0 Å². The quantitative estimate of drug-likeness (QED) is 0.800. The van der Waals surface area contributed by atoms with Gasteiger partial charge in [0.1, 0.15) is 5.82 Å². The van der Waals surface area contributed by atoms with Crippen molar-refractivity contribution in [1.82, 2.24) is 4.84 Å². The van der Waals surface area contributed by atoms with Gasteiger partial charge >= 0.3 is 0 Å². The molecule has 2 aromatic carbocycles. The van der Waals surface area contributed by atoms with E-state index in [0.29, 0.717) is 6.54 Å². The normalized spacial score (nSPS) is 10.4. The number of nitrogens with one attached hydrogen (secondary N) is 1. The minimum atomic E-state index is -0.220. The summed E-state index contributed by atoms with van der Waals surface area (Å²) in [6, 6.07) is 14.4. The summed E-state index contributed by atoms with van der Waals surface area (Å²) in [5.74, 6) is -0.220. The Labute approximate surface area is 99.0 Å². The third-order valence-corrected chi connectivity index (χ3v) is 2.51. The van der Waals surface area contributed by atoms with Crippen LogP contribution in [0.1, 0.15) is 5.56 Å². The van der Waals surface area contributed by atoms with E-state index in [1.165, 1.54) is 12.1 Å². The van der Waals surface area contributed by atoms with Crippen LogP contribution < -0.4 is 4.84 Å². The van der Waals surface area contributed by atoms with Crippen LogP contribution in [0.2, 0.25) is 0 Å². The van der Waals surface area contributed by atoms with Crippen LogP contribution >= 0.6 is 11.8 Å². The van der Waals surface area contributed by atoms with Crippen LogP contribution in [-0.2, 0) is 6.54 Å². The van der Waals surface area contributed by atoms with E-state index >= 15 is 0 Å². The highest BCUT2D eigenvalue weighted by atomic mass is 35.5. The number of benzene rings is 2. The molecule has 0 heterocycles. The Morgan fingerprint density at radius 2 is 1.75 bits per heavy atom. The van der Waals surface area contributed by atoms with Crippen molar-refractivity contribution in [2.45, 2.75) is 6.54 Å². The van der Waals surface area contributed by atoms with E-state index in [9.17, 15) is 4.39 Å². The second-order valence-electron chi connectivity index (χ2n) is 3.52. The minimum absolute atomic E-state index is 0.220. The minimum Gasteiger partial charge on any atom is -0.229 e. The van der Waals surface area contributed by atoms with Crippen LogP contribution in [0.5, 0.6) is 0 Å². The van der Waals surface area contributed by atoms with Crippen LogP contribution in [0, 0.1) is 5.82 Å². The Bertz CT molecular complexity index is 468. The maximum atomic E-state index is 12.8. The zero-order valence-corrected chi connectivity index (χ0v) is 9.34. The Hall–Kier alpha value is -1.38. The summed E-state index contributed by atoms with van der Waals surface area (Å²) >= 11 is 5.46. The molecule has 0 aromatic heterocycles. The molecule has 0 spiro atoms. The lowest BCUT2D eigenvalue weighted by atomic mass is 10.0. The summed E-state index contributed by atoms with van der Waals surface area (Å²) in [5.41, 5.74) is 3.15. The smallest absolute Gasteiger partial charge is 0.123 e. The maximum absolute atomic E-state index is 12.8. The average molecular weight is 236 g/mol. The molecule has 1 nitrogen and oxygen atoms in total. The largest absolute Gasteiger partial charge is 0.229 e. The molecule has 1 N–H and O–H groups in total. The van der Waals surface area contributed by atoms with E-state index in [1.54, 1.807) is 12.1 Å². The lowest BCUT2D eigenvalue weighted by molar-refractivity contribution is 0.628. The Kier molecular flexibility index (Phi) is 3.54. The van der Waals surface area contributed by atoms with Gasteiger partial charge in [0.2, 0.25) is 0 Å². The maximum Gasteiger partial charge on any atom is 0.123 e. The van der Waals surface area contributed by atoms with E-state index in [0.717, 1.165) is 16.7 Å². The van der Waals surface area contributed by atoms with Crippen molar-refractivity contribution in [3.8, 4) is 11.1 Å². The van der Waals surface area contributed by atoms with Crippen LogP contribution in [0.15, 0.2) is 48.5 Å². The fraction of sp³-hybridized carbons (Fsp3) is 0.0769. The molecule has 0 fully saturated rings. The molecule has 2 rings (SSSR count). The predicted octanol–water partition coefficient (Wildman–Crippen LogP) is 3.74. The van der Waals surface area contributed by atoms with Gasteiger partial charge in [0, 0.05) is 6.54 Å². The standard InChI is InChI=1S/C13H11ClFN/c14-16-9-10-2-1-3-12(8-10)11-4-6-13(15)7-5-11/h1-8,16H,9H2.